The van der Waals surface area contributed by atoms with Crippen molar-refractivity contribution in [2.75, 3.05) is 0 Å². The number of rotatable bonds is 3. The maximum Gasteiger partial charge on any atom is 0.132 e. The van der Waals surface area contributed by atoms with E-state index in [1.165, 1.54) is 25.7 Å². The first-order valence-corrected chi connectivity index (χ1v) is 5.19. The fourth-order valence-corrected chi connectivity index (χ4v) is 0.886. The van der Waals surface area contributed by atoms with E-state index in [4.69, 9.17) is 0 Å². The van der Waals surface area contributed by atoms with E-state index in [2.05, 4.69) is 6.92 Å². The van der Waals surface area contributed by atoms with E-state index >= 15 is 0 Å². The van der Waals surface area contributed by atoms with Crippen molar-refractivity contribution in [1.29, 1.82) is 0 Å². The first kappa shape index (κ1) is 11.7. The summed E-state index contributed by atoms with van der Waals surface area (Å²) in [5, 5.41) is 0. The summed E-state index contributed by atoms with van der Waals surface area (Å²) in [6.07, 6.45) is 8.15. The Balaban J connectivity index is 0.000000247. The summed E-state index contributed by atoms with van der Waals surface area (Å²) in [5.74, 6) is 0.590. The minimum absolute atomic E-state index is 0.278. The van der Waals surface area contributed by atoms with E-state index in [0.29, 0.717) is 5.78 Å². The Kier molecular flexibility index (Phi) is 7.12. The normalized spacial score (nSPS) is 16.9. The quantitative estimate of drug-likeness (QED) is 0.632. The molecule has 0 heterocycles. The van der Waals surface area contributed by atoms with Crippen LogP contribution in [0.5, 0.6) is 0 Å². The van der Waals surface area contributed by atoms with Crippen LogP contribution in [0.4, 0.5) is 0 Å². The lowest BCUT2D eigenvalue weighted by atomic mass is 10.0. The maximum atomic E-state index is 10.5. The van der Waals surface area contributed by atoms with Crippen molar-refractivity contribution in [1.82, 2.24) is 0 Å². The third-order valence-corrected chi connectivity index (χ3v) is 2.42. The fourth-order valence-electron chi connectivity index (χ4n) is 0.886. The lowest BCUT2D eigenvalue weighted by molar-refractivity contribution is -0.120. The zero-order valence-electron chi connectivity index (χ0n) is 8.73. The molecule has 1 fully saturated rings. The molecule has 0 saturated heterocycles. The Morgan fingerprint density at radius 2 is 1.67 bits per heavy atom. The minimum Gasteiger partial charge on any atom is -0.300 e. The molecule has 1 heteroatoms. The average Bonchev–Trinajstić information content (AvgIpc) is 1.84. The van der Waals surface area contributed by atoms with Gasteiger partial charge in [-0.3, -0.25) is 4.79 Å². The highest BCUT2D eigenvalue weighted by Gasteiger charge is 2.03. The van der Waals surface area contributed by atoms with Gasteiger partial charge in [-0.25, -0.2) is 0 Å². The van der Waals surface area contributed by atoms with Crippen LogP contribution < -0.4 is 0 Å². The van der Waals surface area contributed by atoms with Crippen LogP contribution in [0.3, 0.4) is 0 Å². The van der Waals surface area contributed by atoms with Gasteiger partial charge in [-0.2, -0.15) is 0 Å². The molecule has 0 N–H and O–H groups in total. The topological polar surface area (TPSA) is 17.1 Å². The standard InChI is InChI=1S/C7H14O.C4H8/c1-4-5-6(2)7(3)8;1-2-4-3-1/h6H,4-5H2,1-3H3;1-4H2. The van der Waals surface area contributed by atoms with Crippen LogP contribution >= 0.6 is 0 Å². The number of hydrogen-bond acceptors (Lipinski definition) is 1. The molecule has 0 aromatic heterocycles. The van der Waals surface area contributed by atoms with Gasteiger partial charge >= 0.3 is 0 Å². The van der Waals surface area contributed by atoms with Crippen LogP contribution in [0.1, 0.15) is 59.3 Å². The molecule has 1 unspecified atom stereocenters. The van der Waals surface area contributed by atoms with Crippen molar-refractivity contribution in [3.63, 3.8) is 0 Å². The lowest BCUT2D eigenvalue weighted by Crippen LogP contribution is -2.04. The molecular formula is C11H22O. The van der Waals surface area contributed by atoms with Gasteiger partial charge in [-0.05, 0) is 13.3 Å². The van der Waals surface area contributed by atoms with E-state index in [-0.39, 0.29) is 5.92 Å². The van der Waals surface area contributed by atoms with Crippen LogP contribution in [0.2, 0.25) is 0 Å². The molecule has 1 nitrogen and oxygen atoms in total. The summed E-state index contributed by atoms with van der Waals surface area (Å²) >= 11 is 0. The predicted molar refractivity (Wildman–Crippen MR) is 53.2 cm³/mol. The smallest absolute Gasteiger partial charge is 0.132 e. The molecule has 0 aliphatic heterocycles. The highest BCUT2D eigenvalue weighted by Crippen LogP contribution is 2.15. The predicted octanol–water partition coefficient (Wildman–Crippen LogP) is 3.57. The highest BCUT2D eigenvalue weighted by molar-refractivity contribution is 5.77. The molecule has 1 aliphatic rings. The molecule has 0 bridgehead atoms. The second-order valence-electron chi connectivity index (χ2n) is 3.71. The molecule has 1 rings (SSSR count). The molecule has 72 valence electrons. The fraction of sp³-hybridized carbons (Fsp3) is 0.909. The van der Waals surface area contributed by atoms with Crippen molar-refractivity contribution >= 4 is 5.78 Å². The Bertz CT molecular complexity index is 110. The summed E-state index contributed by atoms with van der Waals surface area (Å²) < 4.78 is 0. The van der Waals surface area contributed by atoms with Gasteiger partial charge in [-0.1, -0.05) is 46.0 Å². The average molecular weight is 170 g/mol. The number of hydrogen-bond donors (Lipinski definition) is 0. The highest BCUT2D eigenvalue weighted by atomic mass is 16.1. The second-order valence-corrected chi connectivity index (χ2v) is 3.71. The molecule has 0 amide bonds. The lowest BCUT2D eigenvalue weighted by Gasteiger charge is -2.05. The monoisotopic (exact) mass is 170 g/mol. The summed E-state index contributed by atoms with van der Waals surface area (Å²) in [7, 11) is 0. The van der Waals surface area contributed by atoms with Crippen molar-refractivity contribution in [3.8, 4) is 0 Å². The number of ketones is 1. The first-order chi connectivity index (χ1) is 5.68. The van der Waals surface area contributed by atoms with E-state index in [0.717, 1.165) is 12.8 Å². The van der Waals surface area contributed by atoms with Crippen molar-refractivity contribution < 1.29 is 4.79 Å². The van der Waals surface area contributed by atoms with Gasteiger partial charge < -0.3 is 0 Å². The molecule has 12 heavy (non-hydrogen) atoms. The summed E-state index contributed by atoms with van der Waals surface area (Å²) in [4.78, 5) is 10.5. The van der Waals surface area contributed by atoms with Crippen LogP contribution in [0.15, 0.2) is 0 Å². The number of carbonyl (C=O) groups is 1. The van der Waals surface area contributed by atoms with Gasteiger partial charge in [0, 0.05) is 5.92 Å². The van der Waals surface area contributed by atoms with Gasteiger partial charge in [0.1, 0.15) is 5.78 Å². The van der Waals surface area contributed by atoms with Crippen molar-refractivity contribution in [2.45, 2.75) is 59.3 Å². The largest absolute Gasteiger partial charge is 0.300 e. The van der Waals surface area contributed by atoms with Gasteiger partial charge in [0.15, 0.2) is 0 Å². The summed E-state index contributed by atoms with van der Waals surface area (Å²) in [6.45, 7) is 5.73. The van der Waals surface area contributed by atoms with Crippen LogP contribution in [0, 0.1) is 5.92 Å². The van der Waals surface area contributed by atoms with Gasteiger partial charge in [0.2, 0.25) is 0 Å². The molecular weight excluding hydrogens is 148 g/mol. The maximum absolute atomic E-state index is 10.5. The minimum atomic E-state index is 0.278. The molecule has 0 radical (unpaired) electrons. The Hall–Kier alpha value is -0.330. The zero-order valence-corrected chi connectivity index (χ0v) is 8.73. The van der Waals surface area contributed by atoms with Gasteiger partial charge in [0.25, 0.3) is 0 Å². The van der Waals surface area contributed by atoms with Gasteiger partial charge in [0.05, 0.1) is 0 Å². The molecule has 0 aromatic rings. The Labute approximate surface area is 76.6 Å². The Morgan fingerprint density at radius 3 is 1.75 bits per heavy atom. The molecule has 1 atom stereocenters. The number of Topliss-reactive ketones (excluding diaryl/α,β-unsaturated/α-hetero) is 1. The zero-order chi connectivity index (χ0) is 9.40. The molecule has 0 spiro atoms. The van der Waals surface area contributed by atoms with Crippen molar-refractivity contribution in [2.24, 2.45) is 5.92 Å². The van der Waals surface area contributed by atoms with E-state index in [1.54, 1.807) is 6.92 Å². The van der Waals surface area contributed by atoms with Crippen LogP contribution in [-0.2, 0) is 4.79 Å². The third kappa shape index (κ3) is 6.38. The van der Waals surface area contributed by atoms with E-state index in [1.807, 2.05) is 6.92 Å². The SMILES string of the molecule is C1CCC1.CCCC(C)C(C)=O. The first-order valence-electron chi connectivity index (χ1n) is 5.19. The Morgan fingerprint density at radius 1 is 1.25 bits per heavy atom. The van der Waals surface area contributed by atoms with E-state index in [9.17, 15) is 4.79 Å². The molecule has 1 saturated carbocycles. The van der Waals surface area contributed by atoms with Crippen LogP contribution in [0.25, 0.3) is 0 Å². The molecule has 0 aromatic carbocycles. The van der Waals surface area contributed by atoms with E-state index < -0.39 is 0 Å². The van der Waals surface area contributed by atoms with Crippen LogP contribution in [-0.4, -0.2) is 5.78 Å². The van der Waals surface area contributed by atoms with Crippen molar-refractivity contribution in [3.05, 3.63) is 0 Å². The number of carbonyl (C=O) groups excluding carboxylic acids is 1. The second kappa shape index (κ2) is 7.33. The summed E-state index contributed by atoms with van der Waals surface area (Å²) in [6, 6.07) is 0. The molecule has 1 aliphatic carbocycles. The summed E-state index contributed by atoms with van der Waals surface area (Å²) in [5.41, 5.74) is 0. The van der Waals surface area contributed by atoms with Gasteiger partial charge in [-0.15, -0.1) is 0 Å². The third-order valence-electron chi connectivity index (χ3n) is 2.42.